The lowest BCUT2D eigenvalue weighted by molar-refractivity contribution is 0.249. The van der Waals surface area contributed by atoms with Crippen molar-refractivity contribution in [1.29, 1.82) is 0 Å². The number of hydrogen-bond acceptors (Lipinski definition) is 2. The van der Waals surface area contributed by atoms with Crippen molar-refractivity contribution in [1.82, 2.24) is 5.32 Å². The zero-order chi connectivity index (χ0) is 10.2. The molecule has 76 valence electrons. The normalized spacial score (nSPS) is 9.43. The Balaban J connectivity index is 2.08. The van der Waals surface area contributed by atoms with Crippen LogP contribution >= 0.6 is 0 Å². The van der Waals surface area contributed by atoms with E-state index in [9.17, 15) is 4.79 Å². The number of primary amides is 1. The number of carbonyl (C=O) groups is 1. The molecule has 1 rings (SSSR count). The molecule has 0 atom stereocenters. The van der Waals surface area contributed by atoms with Crippen LogP contribution in [-0.2, 0) is 0 Å². The molecule has 4 nitrogen and oxygen atoms in total. The second-order valence-electron chi connectivity index (χ2n) is 2.94. The van der Waals surface area contributed by atoms with E-state index in [1.165, 1.54) is 0 Å². The van der Waals surface area contributed by atoms with Gasteiger partial charge < -0.3 is 16.4 Å². The molecular formula is C10H15N3O. The summed E-state index contributed by atoms with van der Waals surface area (Å²) in [5, 5.41) is 5.76. The number of urea groups is 1. The molecule has 1 aromatic carbocycles. The van der Waals surface area contributed by atoms with Crippen molar-refractivity contribution in [3.05, 3.63) is 30.3 Å². The Labute approximate surface area is 83.5 Å². The van der Waals surface area contributed by atoms with E-state index in [0.717, 1.165) is 18.7 Å². The summed E-state index contributed by atoms with van der Waals surface area (Å²) in [4.78, 5) is 10.3. The Morgan fingerprint density at radius 2 is 1.93 bits per heavy atom. The van der Waals surface area contributed by atoms with Gasteiger partial charge in [-0.05, 0) is 18.6 Å². The maximum atomic E-state index is 10.3. The molecule has 0 saturated carbocycles. The first-order valence-corrected chi connectivity index (χ1v) is 4.61. The standard InChI is InChI=1S/C10H15N3O/c11-10(14)13-8-4-7-12-9-5-2-1-3-6-9/h1-3,5-6,12H,4,7-8H2,(H3,11,13,14). The van der Waals surface area contributed by atoms with Gasteiger partial charge in [-0.1, -0.05) is 18.2 Å². The van der Waals surface area contributed by atoms with Gasteiger partial charge in [-0.15, -0.1) is 0 Å². The van der Waals surface area contributed by atoms with Gasteiger partial charge in [0.15, 0.2) is 0 Å². The molecule has 0 spiro atoms. The minimum absolute atomic E-state index is 0.468. The third kappa shape index (κ3) is 4.35. The van der Waals surface area contributed by atoms with Gasteiger partial charge in [-0.3, -0.25) is 0 Å². The Bertz CT molecular complexity index is 274. The Kier molecular flexibility index (Phi) is 4.34. The molecule has 0 saturated heterocycles. The summed E-state index contributed by atoms with van der Waals surface area (Å²) in [5.74, 6) is 0. The lowest BCUT2D eigenvalue weighted by Gasteiger charge is -2.05. The third-order valence-electron chi connectivity index (χ3n) is 1.76. The van der Waals surface area contributed by atoms with Gasteiger partial charge in [0.05, 0.1) is 0 Å². The summed E-state index contributed by atoms with van der Waals surface area (Å²) in [6.07, 6.45) is 0.859. The second-order valence-corrected chi connectivity index (χ2v) is 2.94. The number of anilines is 1. The highest BCUT2D eigenvalue weighted by molar-refractivity contribution is 5.71. The van der Waals surface area contributed by atoms with Gasteiger partial charge in [0.2, 0.25) is 0 Å². The lowest BCUT2D eigenvalue weighted by atomic mass is 10.3. The maximum absolute atomic E-state index is 10.3. The van der Waals surface area contributed by atoms with Crippen molar-refractivity contribution in [2.75, 3.05) is 18.4 Å². The van der Waals surface area contributed by atoms with E-state index in [0.29, 0.717) is 6.54 Å². The van der Waals surface area contributed by atoms with Gasteiger partial charge in [-0.25, -0.2) is 4.79 Å². The molecule has 0 aliphatic carbocycles. The number of rotatable bonds is 5. The van der Waals surface area contributed by atoms with Crippen molar-refractivity contribution in [3.63, 3.8) is 0 Å². The van der Waals surface area contributed by atoms with E-state index >= 15 is 0 Å². The van der Waals surface area contributed by atoms with E-state index in [1.807, 2.05) is 30.3 Å². The van der Waals surface area contributed by atoms with Crippen LogP contribution in [0.3, 0.4) is 0 Å². The van der Waals surface area contributed by atoms with Crippen LogP contribution in [0.1, 0.15) is 6.42 Å². The summed E-state index contributed by atoms with van der Waals surface area (Å²) < 4.78 is 0. The van der Waals surface area contributed by atoms with E-state index in [4.69, 9.17) is 5.73 Å². The molecule has 0 aromatic heterocycles. The molecule has 0 radical (unpaired) electrons. The third-order valence-corrected chi connectivity index (χ3v) is 1.76. The fourth-order valence-corrected chi connectivity index (χ4v) is 1.09. The van der Waals surface area contributed by atoms with Crippen molar-refractivity contribution in [2.45, 2.75) is 6.42 Å². The van der Waals surface area contributed by atoms with E-state index in [-0.39, 0.29) is 0 Å². The summed E-state index contributed by atoms with van der Waals surface area (Å²) in [7, 11) is 0. The van der Waals surface area contributed by atoms with Crippen LogP contribution in [0.2, 0.25) is 0 Å². The minimum atomic E-state index is -0.468. The van der Waals surface area contributed by atoms with Crippen molar-refractivity contribution < 1.29 is 4.79 Å². The van der Waals surface area contributed by atoms with Gasteiger partial charge >= 0.3 is 6.03 Å². The topological polar surface area (TPSA) is 67.2 Å². The van der Waals surface area contributed by atoms with Gasteiger partial charge in [-0.2, -0.15) is 0 Å². The highest BCUT2D eigenvalue weighted by Gasteiger charge is 1.91. The molecule has 4 heteroatoms. The first kappa shape index (κ1) is 10.4. The quantitative estimate of drug-likeness (QED) is 0.614. The molecule has 0 heterocycles. The Morgan fingerprint density at radius 3 is 2.57 bits per heavy atom. The molecular weight excluding hydrogens is 178 g/mol. The average Bonchev–Trinajstić information content (AvgIpc) is 2.18. The van der Waals surface area contributed by atoms with Gasteiger partial charge in [0, 0.05) is 18.8 Å². The molecule has 2 amide bonds. The molecule has 0 bridgehead atoms. The first-order chi connectivity index (χ1) is 6.79. The molecule has 14 heavy (non-hydrogen) atoms. The number of nitrogens with one attached hydrogen (secondary N) is 2. The molecule has 4 N–H and O–H groups in total. The van der Waals surface area contributed by atoms with Crippen molar-refractivity contribution in [3.8, 4) is 0 Å². The molecule has 0 aliphatic heterocycles. The smallest absolute Gasteiger partial charge is 0.312 e. The number of benzene rings is 1. The van der Waals surface area contributed by atoms with Crippen LogP contribution in [0, 0.1) is 0 Å². The molecule has 0 unspecified atom stereocenters. The maximum Gasteiger partial charge on any atom is 0.312 e. The van der Waals surface area contributed by atoms with E-state index in [2.05, 4.69) is 10.6 Å². The van der Waals surface area contributed by atoms with Crippen LogP contribution in [0.5, 0.6) is 0 Å². The zero-order valence-electron chi connectivity index (χ0n) is 7.99. The van der Waals surface area contributed by atoms with Crippen LogP contribution in [0.25, 0.3) is 0 Å². The number of hydrogen-bond donors (Lipinski definition) is 3. The van der Waals surface area contributed by atoms with Crippen molar-refractivity contribution >= 4 is 11.7 Å². The highest BCUT2D eigenvalue weighted by Crippen LogP contribution is 2.03. The van der Waals surface area contributed by atoms with Gasteiger partial charge in [0.1, 0.15) is 0 Å². The SMILES string of the molecule is NC(=O)NCCCNc1ccccc1. The molecule has 0 fully saturated rings. The first-order valence-electron chi connectivity index (χ1n) is 4.61. The predicted molar refractivity (Wildman–Crippen MR) is 57.1 cm³/mol. The van der Waals surface area contributed by atoms with E-state index in [1.54, 1.807) is 0 Å². The lowest BCUT2D eigenvalue weighted by Crippen LogP contribution is -2.30. The fraction of sp³-hybridized carbons (Fsp3) is 0.300. The Hall–Kier alpha value is -1.71. The summed E-state index contributed by atoms with van der Waals surface area (Å²) in [6.45, 7) is 1.43. The fourth-order valence-electron chi connectivity index (χ4n) is 1.09. The van der Waals surface area contributed by atoms with Crippen molar-refractivity contribution in [2.24, 2.45) is 5.73 Å². The number of para-hydroxylation sites is 1. The number of amides is 2. The molecule has 1 aromatic rings. The average molecular weight is 193 g/mol. The number of nitrogens with two attached hydrogens (primary N) is 1. The van der Waals surface area contributed by atoms with Crippen LogP contribution in [-0.4, -0.2) is 19.1 Å². The monoisotopic (exact) mass is 193 g/mol. The summed E-state index contributed by atoms with van der Waals surface area (Å²) >= 11 is 0. The van der Waals surface area contributed by atoms with Gasteiger partial charge in [0.25, 0.3) is 0 Å². The van der Waals surface area contributed by atoms with E-state index < -0.39 is 6.03 Å². The predicted octanol–water partition coefficient (Wildman–Crippen LogP) is 1.16. The van der Waals surface area contributed by atoms with Crippen LogP contribution < -0.4 is 16.4 Å². The second kappa shape index (κ2) is 5.85. The number of carbonyl (C=O) groups excluding carboxylic acids is 1. The highest BCUT2D eigenvalue weighted by atomic mass is 16.2. The van der Waals surface area contributed by atoms with Crippen LogP contribution in [0.15, 0.2) is 30.3 Å². The largest absolute Gasteiger partial charge is 0.385 e. The molecule has 0 aliphatic rings. The minimum Gasteiger partial charge on any atom is -0.385 e. The zero-order valence-corrected chi connectivity index (χ0v) is 7.99. The summed E-state index contributed by atoms with van der Waals surface area (Å²) in [5.41, 5.74) is 6.00. The summed E-state index contributed by atoms with van der Waals surface area (Å²) in [6, 6.07) is 9.46. The van der Waals surface area contributed by atoms with Crippen LogP contribution in [0.4, 0.5) is 10.5 Å². The Morgan fingerprint density at radius 1 is 1.21 bits per heavy atom.